The van der Waals surface area contributed by atoms with Gasteiger partial charge in [0.25, 0.3) is 5.56 Å². The lowest BCUT2D eigenvalue weighted by Gasteiger charge is -2.01. The average Bonchev–Trinajstić information content (AvgIpc) is 2.12. The third kappa shape index (κ3) is 3.35. The van der Waals surface area contributed by atoms with Crippen molar-refractivity contribution >= 4 is 21.9 Å². The van der Waals surface area contributed by atoms with E-state index in [1.807, 2.05) is 4.98 Å². The minimum Gasteiger partial charge on any atom is -0.481 e. The molecule has 3 N–H and O–H groups in total. The van der Waals surface area contributed by atoms with Crippen LogP contribution in [0.3, 0.4) is 0 Å². The molecule has 0 aliphatic rings. The first-order valence-electron chi connectivity index (χ1n) is 4.23. The first-order chi connectivity index (χ1) is 7.00. The zero-order chi connectivity index (χ0) is 11.4. The average molecular weight is 277 g/mol. The summed E-state index contributed by atoms with van der Waals surface area (Å²) in [6.45, 7) is 0. The van der Waals surface area contributed by atoms with Gasteiger partial charge in [-0.2, -0.15) is 0 Å². The van der Waals surface area contributed by atoms with Gasteiger partial charge in [0.2, 0.25) is 0 Å². The van der Waals surface area contributed by atoms with Crippen molar-refractivity contribution in [1.82, 2.24) is 9.97 Å². The number of hydrogen-bond donors (Lipinski definition) is 3. The van der Waals surface area contributed by atoms with E-state index in [1.165, 1.54) is 0 Å². The predicted octanol–water partition coefficient (Wildman–Crippen LogP) is 0.233. The molecule has 0 bridgehead atoms. The molecule has 1 aromatic heterocycles. The van der Waals surface area contributed by atoms with Crippen LogP contribution in [-0.4, -0.2) is 21.0 Å². The molecule has 1 rings (SSSR count). The summed E-state index contributed by atoms with van der Waals surface area (Å²) in [6, 6.07) is 0. The largest absolute Gasteiger partial charge is 0.481 e. The monoisotopic (exact) mass is 276 g/mol. The van der Waals surface area contributed by atoms with Crippen molar-refractivity contribution in [3.05, 3.63) is 31.0 Å². The fourth-order valence-corrected chi connectivity index (χ4v) is 1.50. The smallest absolute Gasteiger partial charge is 0.325 e. The summed E-state index contributed by atoms with van der Waals surface area (Å²) >= 11 is 3.02. The fraction of sp³-hybridized carbons (Fsp3) is 0.375. The van der Waals surface area contributed by atoms with Gasteiger partial charge in [-0.1, -0.05) is 0 Å². The Balaban J connectivity index is 2.81. The number of carboxylic acid groups (broad SMARTS) is 1. The van der Waals surface area contributed by atoms with E-state index in [-0.39, 0.29) is 10.9 Å². The van der Waals surface area contributed by atoms with Crippen molar-refractivity contribution in [2.45, 2.75) is 19.3 Å². The van der Waals surface area contributed by atoms with Crippen LogP contribution in [0.5, 0.6) is 0 Å². The Morgan fingerprint density at radius 1 is 1.33 bits per heavy atom. The maximum atomic E-state index is 11.1. The minimum atomic E-state index is -0.904. The van der Waals surface area contributed by atoms with E-state index in [2.05, 4.69) is 20.9 Å². The molecule has 0 unspecified atom stereocenters. The summed E-state index contributed by atoms with van der Waals surface area (Å²) < 4.78 is 0.243. The Morgan fingerprint density at radius 2 is 2.00 bits per heavy atom. The highest BCUT2D eigenvalue weighted by Crippen LogP contribution is 2.09. The fourth-order valence-electron chi connectivity index (χ4n) is 1.11. The van der Waals surface area contributed by atoms with E-state index in [0.717, 1.165) is 0 Å². The molecule has 7 heteroatoms. The van der Waals surface area contributed by atoms with E-state index in [4.69, 9.17) is 5.11 Å². The molecule has 0 aromatic carbocycles. The van der Waals surface area contributed by atoms with Crippen molar-refractivity contribution in [3.63, 3.8) is 0 Å². The van der Waals surface area contributed by atoms with Gasteiger partial charge in [0.1, 0.15) is 4.47 Å². The summed E-state index contributed by atoms with van der Waals surface area (Å²) in [5, 5.41) is 8.42. The van der Waals surface area contributed by atoms with Crippen LogP contribution in [-0.2, 0) is 11.2 Å². The van der Waals surface area contributed by atoms with Gasteiger partial charge in [0, 0.05) is 12.1 Å². The number of aromatic nitrogens is 2. The number of nitrogens with one attached hydrogen (secondary N) is 2. The van der Waals surface area contributed by atoms with E-state index < -0.39 is 17.2 Å². The number of carbonyl (C=O) groups is 1. The summed E-state index contributed by atoms with van der Waals surface area (Å²) in [4.78, 5) is 36.8. The predicted molar refractivity (Wildman–Crippen MR) is 56.0 cm³/mol. The van der Waals surface area contributed by atoms with Crippen molar-refractivity contribution < 1.29 is 9.90 Å². The molecule has 15 heavy (non-hydrogen) atoms. The number of rotatable bonds is 4. The molecule has 0 aliphatic carbocycles. The molecule has 0 saturated heterocycles. The number of halogens is 1. The molecule has 0 aliphatic heterocycles. The molecular formula is C8H9BrN2O4. The third-order valence-electron chi connectivity index (χ3n) is 1.77. The van der Waals surface area contributed by atoms with E-state index in [9.17, 15) is 14.4 Å². The van der Waals surface area contributed by atoms with Crippen LogP contribution in [0.1, 0.15) is 18.5 Å². The molecule has 82 valence electrons. The molecule has 0 atom stereocenters. The first-order valence-corrected chi connectivity index (χ1v) is 5.03. The summed E-state index contributed by atoms with van der Waals surface area (Å²) in [5.41, 5.74) is -0.678. The molecule has 6 nitrogen and oxygen atoms in total. The van der Waals surface area contributed by atoms with Crippen molar-refractivity contribution in [3.8, 4) is 0 Å². The van der Waals surface area contributed by atoms with Crippen LogP contribution in [0.4, 0.5) is 0 Å². The normalized spacial score (nSPS) is 10.2. The Hall–Kier alpha value is -1.37. The lowest BCUT2D eigenvalue weighted by molar-refractivity contribution is -0.137. The molecule has 1 aromatic rings. The van der Waals surface area contributed by atoms with Crippen molar-refractivity contribution in [2.24, 2.45) is 0 Å². The quantitative estimate of drug-likeness (QED) is 0.733. The van der Waals surface area contributed by atoms with E-state index in [1.54, 1.807) is 0 Å². The Kier molecular flexibility index (Phi) is 3.84. The van der Waals surface area contributed by atoms with Gasteiger partial charge in [-0.25, -0.2) is 4.79 Å². The summed E-state index contributed by atoms with van der Waals surface area (Å²) in [5.74, 6) is -0.904. The lowest BCUT2D eigenvalue weighted by Crippen LogP contribution is -2.25. The van der Waals surface area contributed by atoms with E-state index >= 15 is 0 Å². The van der Waals surface area contributed by atoms with Crippen LogP contribution < -0.4 is 11.2 Å². The van der Waals surface area contributed by atoms with Gasteiger partial charge in [0.15, 0.2) is 0 Å². The van der Waals surface area contributed by atoms with Gasteiger partial charge in [0.05, 0.1) is 0 Å². The van der Waals surface area contributed by atoms with Crippen LogP contribution in [0.15, 0.2) is 14.1 Å². The SMILES string of the molecule is O=C(O)CCCc1[nH]c(=O)[nH]c(=O)c1Br. The molecule has 0 fully saturated rings. The number of aryl methyl sites for hydroxylation is 1. The van der Waals surface area contributed by atoms with Gasteiger partial charge in [-0.05, 0) is 28.8 Å². The van der Waals surface area contributed by atoms with E-state index in [0.29, 0.717) is 18.5 Å². The van der Waals surface area contributed by atoms with Crippen LogP contribution >= 0.6 is 15.9 Å². The lowest BCUT2D eigenvalue weighted by atomic mass is 10.2. The second-order valence-corrected chi connectivity index (χ2v) is 3.74. The standard InChI is InChI=1S/C8H9BrN2O4/c9-6-4(2-1-3-5(12)13)10-8(15)11-7(6)14/h1-3H2,(H,12,13)(H2,10,11,14,15). The molecule has 1 heterocycles. The first kappa shape index (κ1) is 11.7. The molecular weight excluding hydrogens is 268 g/mol. The zero-order valence-electron chi connectivity index (χ0n) is 7.67. The van der Waals surface area contributed by atoms with Gasteiger partial charge in [-0.3, -0.25) is 14.6 Å². The zero-order valence-corrected chi connectivity index (χ0v) is 9.26. The molecule has 0 amide bonds. The molecule has 0 spiro atoms. The summed E-state index contributed by atoms with van der Waals surface area (Å²) in [6.07, 6.45) is 0.709. The Labute approximate surface area is 92.5 Å². The topological polar surface area (TPSA) is 103 Å². The number of hydrogen-bond acceptors (Lipinski definition) is 3. The Bertz CT molecular complexity index is 476. The number of aliphatic carboxylic acids is 1. The second-order valence-electron chi connectivity index (χ2n) is 2.95. The minimum absolute atomic E-state index is 0.00126. The van der Waals surface area contributed by atoms with Gasteiger partial charge >= 0.3 is 11.7 Å². The third-order valence-corrected chi connectivity index (χ3v) is 2.61. The second kappa shape index (κ2) is 4.92. The van der Waals surface area contributed by atoms with Crippen molar-refractivity contribution in [1.29, 1.82) is 0 Å². The number of aromatic amines is 2. The van der Waals surface area contributed by atoms with Crippen LogP contribution in [0.25, 0.3) is 0 Å². The maximum Gasteiger partial charge on any atom is 0.325 e. The highest BCUT2D eigenvalue weighted by molar-refractivity contribution is 9.10. The highest BCUT2D eigenvalue weighted by atomic mass is 79.9. The van der Waals surface area contributed by atoms with Crippen molar-refractivity contribution in [2.75, 3.05) is 0 Å². The molecule has 0 radical (unpaired) electrons. The number of carboxylic acids is 1. The molecule has 0 saturated carbocycles. The summed E-state index contributed by atoms with van der Waals surface area (Å²) in [7, 11) is 0. The maximum absolute atomic E-state index is 11.1. The number of H-pyrrole nitrogens is 2. The van der Waals surface area contributed by atoms with Gasteiger partial charge < -0.3 is 10.1 Å². The van der Waals surface area contributed by atoms with Crippen LogP contribution in [0.2, 0.25) is 0 Å². The van der Waals surface area contributed by atoms with Gasteiger partial charge in [-0.15, -0.1) is 0 Å². The highest BCUT2D eigenvalue weighted by Gasteiger charge is 2.06. The Morgan fingerprint density at radius 3 is 2.60 bits per heavy atom. The van der Waals surface area contributed by atoms with Crippen LogP contribution in [0, 0.1) is 0 Å².